The normalized spacial score (nSPS) is 22.7. The van der Waals surface area contributed by atoms with E-state index in [1.807, 2.05) is 33.1 Å². The Bertz CT molecular complexity index is 375. The van der Waals surface area contributed by atoms with Crippen molar-refractivity contribution in [1.82, 2.24) is 4.98 Å². The zero-order chi connectivity index (χ0) is 12.0. The first-order valence-electron chi connectivity index (χ1n) is 5.26. The van der Waals surface area contributed by atoms with Crippen LogP contribution in [0.5, 0.6) is 0 Å². The van der Waals surface area contributed by atoms with Crippen molar-refractivity contribution in [3.05, 3.63) is 11.1 Å². The number of hydrogen-bond donors (Lipinski definition) is 1. The molecule has 1 saturated heterocycles. The lowest BCUT2D eigenvalue weighted by Crippen LogP contribution is -2.41. The highest BCUT2D eigenvalue weighted by Crippen LogP contribution is 2.36. The molecule has 6 heteroatoms. The fourth-order valence-electron chi connectivity index (χ4n) is 1.45. The third-order valence-corrected chi connectivity index (χ3v) is 4.10. The van der Waals surface area contributed by atoms with Gasteiger partial charge >= 0.3 is 7.12 Å². The third-order valence-electron chi connectivity index (χ3n) is 3.19. The van der Waals surface area contributed by atoms with Crippen LogP contribution >= 0.6 is 11.3 Å². The van der Waals surface area contributed by atoms with Gasteiger partial charge < -0.3 is 14.4 Å². The van der Waals surface area contributed by atoms with Crippen molar-refractivity contribution in [2.24, 2.45) is 0 Å². The molecule has 1 aromatic rings. The molecule has 4 nitrogen and oxygen atoms in total. The van der Waals surface area contributed by atoms with Crippen molar-refractivity contribution < 1.29 is 14.4 Å². The second kappa shape index (κ2) is 3.80. The number of aliphatic hydroxyl groups excluding tert-OH is 1. The number of rotatable bonds is 2. The average Bonchev–Trinajstić information content (AvgIpc) is 2.70. The molecule has 1 aliphatic rings. The molecule has 1 fully saturated rings. The van der Waals surface area contributed by atoms with Crippen LogP contribution < -0.4 is 4.91 Å². The maximum Gasteiger partial charge on any atom is 0.525 e. The fourth-order valence-corrected chi connectivity index (χ4v) is 2.21. The zero-order valence-corrected chi connectivity index (χ0v) is 10.8. The highest BCUT2D eigenvalue weighted by Gasteiger charge is 2.52. The van der Waals surface area contributed by atoms with Gasteiger partial charge in [-0.2, -0.15) is 0 Å². The Balaban J connectivity index is 2.20. The fraction of sp³-hybridized carbons (Fsp3) is 0.700. The standard InChI is InChI=1S/C10H16BNO3S/c1-9(2)10(3,4)15-11(14-9)8-12-7(5-13)6-16-8/h6,13H,5H2,1-4H3. The summed E-state index contributed by atoms with van der Waals surface area (Å²) >= 11 is 1.45. The van der Waals surface area contributed by atoms with Crippen LogP contribution in [0.4, 0.5) is 0 Å². The van der Waals surface area contributed by atoms with Gasteiger partial charge in [0.2, 0.25) is 0 Å². The summed E-state index contributed by atoms with van der Waals surface area (Å²) in [5, 5.41) is 10.8. The molecule has 0 radical (unpaired) electrons. The van der Waals surface area contributed by atoms with Crippen molar-refractivity contribution in [3.8, 4) is 0 Å². The second-order valence-corrected chi connectivity index (χ2v) is 5.81. The van der Waals surface area contributed by atoms with Crippen LogP contribution in [0.15, 0.2) is 5.38 Å². The average molecular weight is 241 g/mol. The molecular formula is C10H16BNO3S. The molecule has 1 N–H and O–H groups in total. The number of thiazole rings is 1. The van der Waals surface area contributed by atoms with E-state index < -0.39 is 7.12 Å². The SMILES string of the molecule is CC1(C)OB(c2nc(CO)cs2)OC1(C)C. The van der Waals surface area contributed by atoms with E-state index in [1.165, 1.54) is 11.3 Å². The Morgan fingerprint density at radius 3 is 2.31 bits per heavy atom. The Hall–Kier alpha value is -0.425. The minimum Gasteiger partial charge on any atom is -0.398 e. The van der Waals surface area contributed by atoms with Crippen LogP contribution in [0.1, 0.15) is 33.4 Å². The minimum atomic E-state index is -0.421. The van der Waals surface area contributed by atoms with Crippen LogP contribution in [0.3, 0.4) is 0 Å². The van der Waals surface area contributed by atoms with E-state index in [2.05, 4.69) is 4.98 Å². The molecular weight excluding hydrogens is 225 g/mol. The molecule has 1 aliphatic heterocycles. The molecule has 0 aliphatic carbocycles. The number of nitrogens with zero attached hydrogens (tertiary/aromatic N) is 1. The van der Waals surface area contributed by atoms with Gasteiger partial charge in [-0.05, 0) is 27.7 Å². The molecule has 1 aromatic heterocycles. The summed E-state index contributed by atoms with van der Waals surface area (Å²) in [6.45, 7) is 7.98. The highest BCUT2D eigenvalue weighted by molar-refractivity contribution is 7.20. The summed E-state index contributed by atoms with van der Waals surface area (Å²) in [5.74, 6) is 0. The molecule has 0 aromatic carbocycles. The predicted molar refractivity (Wildman–Crippen MR) is 63.8 cm³/mol. The number of hydrogen-bond acceptors (Lipinski definition) is 5. The van der Waals surface area contributed by atoms with Crippen molar-refractivity contribution >= 4 is 23.4 Å². The molecule has 2 rings (SSSR count). The van der Waals surface area contributed by atoms with E-state index in [0.29, 0.717) is 5.69 Å². The van der Waals surface area contributed by atoms with E-state index in [-0.39, 0.29) is 17.8 Å². The quantitative estimate of drug-likeness (QED) is 0.783. The molecule has 0 amide bonds. The molecule has 0 saturated carbocycles. The van der Waals surface area contributed by atoms with Gasteiger partial charge in [-0.3, -0.25) is 0 Å². The van der Waals surface area contributed by atoms with Crippen LogP contribution in [0.2, 0.25) is 0 Å². The van der Waals surface area contributed by atoms with Gasteiger partial charge in [0.05, 0.1) is 23.5 Å². The van der Waals surface area contributed by atoms with Gasteiger partial charge in [0, 0.05) is 5.38 Å². The molecule has 0 atom stereocenters. The lowest BCUT2D eigenvalue weighted by molar-refractivity contribution is 0.00578. The lowest BCUT2D eigenvalue weighted by atomic mass is 9.90. The van der Waals surface area contributed by atoms with E-state index in [1.54, 1.807) is 0 Å². The molecule has 0 spiro atoms. The van der Waals surface area contributed by atoms with Gasteiger partial charge in [-0.1, -0.05) is 0 Å². The summed E-state index contributed by atoms with van der Waals surface area (Å²) in [6.07, 6.45) is 0. The van der Waals surface area contributed by atoms with Crippen molar-refractivity contribution in [2.45, 2.75) is 45.5 Å². The number of aromatic nitrogens is 1. The Morgan fingerprint density at radius 1 is 1.31 bits per heavy atom. The van der Waals surface area contributed by atoms with Gasteiger partial charge in [0.25, 0.3) is 0 Å². The van der Waals surface area contributed by atoms with Gasteiger partial charge in [0.1, 0.15) is 4.91 Å². The Kier molecular flexibility index (Phi) is 2.86. The largest absolute Gasteiger partial charge is 0.525 e. The van der Waals surface area contributed by atoms with Crippen molar-refractivity contribution in [2.75, 3.05) is 0 Å². The van der Waals surface area contributed by atoms with E-state index in [4.69, 9.17) is 14.4 Å². The monoisotopic (exact) mass is 241 g/mol. The molecule has 0 unspecified atom stereocenters. The summed E-state index contributed by atoms with van der Waals surface area (Å²) in [5.41, 5.74) is -0.0273. The first kappa shape index (κ1) is 12.0. The van der Waals surface area contributed by atoms with Crippen LogP contribution in [-0.2, 0) is 15.9 Å². The molecule has 16 heavy (non-hydrogen) atoms. The minimum absolute atomic E-state index is 0.0456. The van der Waals surface area contributed by atoms with Crippen molar-refractivity contribution in [3.63, 3.8) is 0 Å². The van der Waals surface area contributed by atoms with Crippen LogP contribution in [0.25, 0.3) is 0 Å². The van der Waals surface area contributed by atoms with E-state index >= 15 is 0 Å². The lowest BCUT2D eigenvalue weighted by Gasteiger charge is -2.32. The molecule has 0 bridgehead atoms. The summed E-state index contributed by atoms with van der Waals surface area (Å²) in [6, 6.07) is 0. The van der Waals surface area contributed by atoms with E-state index in [9.17, 15) is 0 Å². The number of aliphatic hydroxyl groups is 1. The third kappa shape index (κ3) is 1.90. The molecule has 2 heterocycles. The zero-order valence-electron chi connectivity index (χ0n) is 9.98. The summed E-state index contributed by atoms with van der Waals surface area (Å²) in [7, 11) is -0.421. The van der Waals surface area contributed by atoms with Gasteiger partial charge in [0.15, 0.2) is 0 Å². The summed E-state index contributed by atoms with van der Waals surface area (Å²) < 4.78 is 11.7. The second-order valence-electron chi connectivity index (χ2n) is 4.92. The topological polar surface area (TPSA) is 51.6 Å². The smallest absolute Gasteiger partial charge is 0.398 e. The Morgan fingerprint density at radius 2 is 1.88 bits per heavy atom. The van der Waals surface area contributed by atoms with Gasteiger partial charge in [-0.15, -0.1) is 11.3 Å². The van der Waals surface area contributed by atoms with Crippen LogP contribution in [0, 0.1) is 0 Å². The van der Waals surface area contributed by atoms with E-state index in [0.717, 1.165) is 4.91 Å². The highest BCUT2D eigenvalue weighted by atomic mass is 32.1. The predicted octanol–water partition coefficient (Wildman–Crippen LogP) is 0.935. The Labute approximate surface area is 99.8 Å². The maximum atomic E-state index is 8.96. The maximum absolute atomic E-state index is 8.96. The van der Waals surface area contributed by atoms with Crippen molar-refractivity contribution in [1.29, 1.82) is 0 Å². The first-order valence-corrected chi connectivity index (χ1v) is 6.14. The van der Waals surface area contributed by atoms with Crippen LogP contribution in [-0.4, -0.2) is 28.4 Å². The molecule has 88 valence electrons. The first-order chi connectivity index (χ1) is 7.36. The van der Waals surface area contributed by atoms with Gasteiger partial charge in [-0.25, -0.2) is 4.98 Å². The summed E-state index contributed by atoms with van der Waals surface area (Å²) in [4.78, 5) is 5.03.